The SMILES string of the molecule is CCN1c2cc(C(F)(F)F)ccc2CC1CCO. The molecule has 1 unspecified atom stereocenters. The van der Waals surface area contributed by atoms with Crippen molar-refractivity contribution in [1.29, 1.82) is 0 Å². The third-order valence-electron chi connectivity index (χ3n) is 3.42. The minimum atomic E-state index is -4.30. The third-order valence-corrected chi connectivity index (χ3v) is 3.42. The highest BCUT2D eigenvalue weighted by atomic mass is 19.4. The van der Waals surface area contributed by atoms with Gasteiger partial charge in [-0.15, -0.1) is 0 Å². The van der Waals surface area contributed by atoms with Gasteiger partial charge in [0.15, 0.2) is 0 Å². The summed E-state index contributed by atoms with van der Waals surface area (Å²) in [7, 11) is 0. The maximum Gasteiger partial charge on any atom is 0.416 e. The van der Waals surface area contributed by atoms with Gasteiger partial charge in [0, 0.05) is 24.9 Å². The summed E-state index contributed by atoms with van der Waals surface area (Å²) >= 11 is 0. The van der Waals surface area contributed by atoms with Crippen LogP contribution in [0.25, 0.3) is 0 Å². The highest BCUT2D eigenvalue weighted by molar-refractivity contribution is 5.61. The van der Waals surface area contributed by atoms with E-state index in [0.29, 0.717) is 25.1 Å². The number of aliphatic hydroxyl groups is 1. The van der Waals surface area contributed by atoms with Gasteiger partial charge in [-0.05, 0) is 37.5 Å². The molecule has 1 heterocycles. The van der Waals surface area contributed by atoms with E-state index in [1.54, 1.807) is 6.07 Å². The smallest absolute Gasteiger partial charge is 0.396 e. The van der Waals surface area contributed by atoms with Crippen molar-refractivity contribution in [2.45, 2.75) is 32.0 Å². The molecule has 5 heteroatoms. The van der Waals surface area contributed by atoms with Crippen LogP contribution >= 0.6 is 0 Å². The van der Waals surface area contributed by atoms with Crippen molar-refractivity contribution in [1.82, 2.24) is 0 Å². The highest BCUT2D eigenvalue weighted by Crippen LogP contribution is 2.38. The molecular formula is C13H16F3NO. The molecule has 2 rings (SSSR count). The minimum Gasteiger partial charge on any atom is -0.396 e. The van der Waals surface area contributed by atoms with Gasteiger partial charge >= 0.3 is 6.18 Å². The van der Waals surface area contributed by atoms with Crippen molar-refractivity contribution < 1.29 is 18.3 Å². The molecule has 18 heavy (non-hydrogen) atoms. The van der Waals surface area contributed by atoms with Gasteiger partial charge in [-0.25, -0.2) is 0 Å². The number of rotatable bonds is 3. The number of anilines is 1. The van der Waals surface area contributed by atoms with Gasteiger partial charge in [-0.3, -0.25) is 0 Å². The Kier molecular flexibility index (Phi) is 3.52. The molecule has 0 bridgehead atoms. The zero-order valence-electron chi connectivity index (χ0n) is 10.2. The number of nitrogens with zero attached hydrogens (tertiary/aromatic N) is 1. The molecule has 1 aromatic rings. The van der Waals surface area contributed by atoms with Gasteiger partial charge in [-0.1, -0.05) is 6.07 Å². The monoisotopic (exact) mass is 259 g/mol. The van der Waals surface area contributed by atoms with Crippen LogP contribution in [-0.4, -0.2) is 24.3 Å². The number of fused-ring (bicyclic) bond motifs is 1. The van der Waals surface area contributed by atoms with Crippen molar-refractivity contribution >= 4 is 5.69 Å². The van der Waals surface area contributed by atoms with Crippen LogP contribution in [-0.2, 0) is 12.6 Å². The molecule has 0 amide bonds. The first-order valence-electron chi connectivity index (χ1n) is 6.05. The number of likely N-dealkylation sites (N-methyl/N-ethyl adjacent to an activating group) is 1. The Hall–Kier alpha value is -1.23. The van der Waals surface area contributed by atoms with Crippen LogP contribution in [0.15, 0.2) is 18.2 Å². The lowest BCUT2D eigenvalue weighted by atomic mass is 10.1. The lowest BCUT2D eigenvalue weighted by molar-refractivity contribution is -0.137. The topological polar surface area (TPSA) is 23.5 Å². The van der Waals surface area contributed by atoms with Gasteiger partial charge < -0.3 is 10.0 Å². The fourth-order valence-electron chi connectivity index (χ4n) is 2.58. The summed E-state index contributed by atoms with van der Waals surface area (Å²) in [4.78, 5) is 1.95. The zero-order chi connectivity index (χ0) is 13.3. The standard InChI is InChI=1S/C13H16F3NO/c1-2-17-11(5-6-18)7-9-3-4-10(8-12(9)17)13(14,15)16/h3-4,8,11,18H,2,5-7H2,1H3. The van der Waals surface area contributed by atoms with Crippen LogP contribution in [0.3, 0.4) is 0 Å². The Balaban J connectivity index is 2.34. The second-order valence-electron chi connectivity index (χ2n) is 4.50. The Morgan fingerprint density at radius 2 is 2.11 bits per heavy atom. The molecule has 0 fully saturated rings. The summed E-state index contributed by atoms with van der Waals surface area (Å²) in [6.07, 6.45) is -3.00. The van der Waals surface area contributed by atoms with Gasteiger partial charge in [0.2, 0.25) is 0 Å². The van der Waals surface area contributed by atoms with Crippen LogP contribution in [0.4, 0.5) is 18.9 Å². The summed E-state index contributed by atoms with van der Waals surface area (Å²) in [6.45, 7) is 2.62. The highest BCUT2D eigenvalue weighted by Gasteiger charge is 2.34. The molecule has 1 atom stereocenters. The largest absolute Gasteiger partial charge is 0.416 e. The van der Waals surface area contributed by atoms with E-state index in [-0.39, 0.29) is 12.6 Å². The minimum absolute atomic E-state index is 0.0568. The van der Waals surface area contributed by atoms with Crippen LogP contribution in [0.1, 0.15) is 24.5 Å². The number of halogens is 3. The van der Waals surface area contributed by atoms with E-state index in [4.69, 9.17) is 5.11 Å². The Labute approximate surface area is 104 Å². The fraction of sp³-hybridized carbons (Fsp3) is 0.538. The number of hydrogen-bond acceptors (Lipinski definition) is 2. The van der Waals surface area contributed by atoms with Crippen LogP contribution in [0, 0.1) is 0 Å². The maximum atomic E-state index is 12.7. The number of benzene rings is 1. The molecule has 1 N–H and O–H groups in total. The van der Waals surface area contributed by atoms with Gasteiger partial charge in [0.25, 0.3) is 0 Å². The quantitative estimate of drug-likeness (QED) is 0.902. The Bertz CT molecular complexity index is 431. The van der Waals surface area contributed by atoms with Crippen molar-refractivity contribution in [2.75, 3.05) is 18.1 Å². The van der Waals surface area contributed by atoms with E-state index < -0.39 is 11.7 Å². The van der Waals surface area contributed by atoms with Crippen molar-refractivity contribution in [3.63, 3.8) is 0 Å². The van der Waals surface area contributed by atoms with E-state index in [2.05, 4.69) is 0 Å². The molecule has 0 radical (unpaired) electrons. The lowest BCUT2D eigenvalue weighted by Gasteiger charge is -2.26. The first-order valence-corrected chi connectivity index (χ1v) is 6.05. The van der Waals surface area contributed by atoms with Crippen LogP contribution in [0.5, 0.6) is 0 Å². The molecule has 0 aliphatic carbocycles. The number of alkyl halides is 3. The second kappa shape index (κ2) is 4.80. The van der Waals surface area contributed by atoms with E-state index >= 15 is 0 Å². The van der Waals surface area contributed by atoms with E-state index in [1.165, 1.54) is 6.07 Å². The van der Waals surface area contributed by atoms with Gasteiger partial charge in [0.1, 0.15) is 0 Å². The summed E-state index contributed by atoms with van der Waals surface area (Å²) in [5.41, 5.74) is 0.985. The molecule has 0 saturated carbocycles. The molecule has 0 saturated heterocycles. The number of hydrogen-bond donors (Lipinski definition) is 1. The summed E-state index contributed by atoms with van der Waals surface area (Å²) in [6, 6.07) is 4.01. The first kappa shape index (κ1) is 13.2. The van der Waals surface area contributed by atoms with Crippen molar-refractivity contribution in [2.24, 2.45) is 0 Å². The van der Waals surface area contributed by atoms with Crippen molar-refractivity contribution in [3.8, 4) is 0 Å². The zero-order valence-corrected chi connectivity index (χ0v) is 10.2. The normalized spacial score (nSPS) is 19.2. The van der Waals surface area contributed by atoms with E-state index in [9.17, 15) is 13.2 Å². The summed E-state index contributed by atoms with van der Waals surface area (Å²) in [5.74, 6) is 0. The molecular weight excluding hydrogens is 243 g/mol. The lowest BCUT2D eigenvalue weighted by Crippen LogP contribution is -2.32. The van der Waals surface area contributed by atoms with Gasteiger partial charge in [-0.2, -0.15) is 13.2 Å². The second-order valence-corrected chi connectivity index (χ2v) is 4.50. The predicted octanol–water partition coefficient (Wildman–Crippen LogP) is 2.84. The van der Waals surface area contributed by atoms with Crippen LogP contribution in [0.2, 0.25) is 0 Å². The molecule has 100 valence electrons. The summed E-state index contributed by atoms with van der Waals surface area (Å²) < 4.78 is 38.0. The fourth-order valence-corrected chi connectivity index (χ4v) is 2.58. The Morgan fingerprint density at radius 1 is 1.39 bits per heavy atom. The average molecular weight is 259 g/mol. The van der Waals surface area contributed by atoms with E-state index in [0.717, 1.165) is 11.6 Å². The third kappa shape index (κ3) is 2.32. The first-order chi connectivity index (χ1) is 8.47. The van der Waals surface area contributed by atoms with E-state index in [1.807, 2.05) is 11.8 Å². The number of aliphatic hydroxyl groups excluding tert-OH is 1. The van der Waals surface area contributed by atoms with Crippen molar-refractivity contribution in [3.05, 3.63) is 29.3 Å². The molecule has 1 aromatic carbocycles. The molecule has 0 spiro atoms. The molecule has 0 aromatic heterocycles. The molecule has 1 aliphatic heterocycles. The molecule has 1 aliphatic rings. The Morgan fingerprint density at radius 3 is 2.67 bits per heavy atom. The van der Waals surface area contributed by atoms with Crippen LogP contribution < -0.4 is 4.90 Å². The maximum absolute atomic E-state index is 12.7. The molecule has 2 nitrogen and oxygen atoms in total. The van der Waals surface area contributed by atoms with Gasteiger partial charge in [0.05, 0.1) is 5.56 Å². The summed E-state index contributed by atoms with van der Waals surface area (Å²) in [5, 5.41) is 9.00. The average Bonchev–Trinajstić information content (AvgIpc) is 2.64. The predicted molar refractivity (Wildman–Crippen MR) is 63.7 cm³/mol.